The standard InChI is InChI=1S/C31H33F3N2O3/c1-3-5-6-7-8-9-20-36-28-19-16-25(30(37)38-4-2)21-27(28)35-29(36)24-12-10-22(11-13-24)23-14-17-26(18-15-23)39-31(32,33)34/h10-19,21H,3-9,20H2,1-2H3. The van der Waals surface area contributed by atoms with E-state index in [0.717, 1.165) is 52.9 Å². The Morgan fingerprint density at radius 3 is 2.08 bits per heavy atom. The van der Waals surface area contributed by atoms with Crippen molar-refractivity contribution in [3.63, 3.8) is 0 Å². The molecule has 0 spiro atoms. The maximum atomic E-state index is 12.5. The smallest absolute Gasteiger partial charge is 0.462 e. The van der Waals surface area contributed by atoms with Crippen LogP contribution in [-0.2, 0) is 11.3 Å². The van der Waals surface area contributed by atoms with Crippen LogP contribution >= 0.6 is 0 Å². The van der Waals surface area contributed by atoms with Gasteiger partial charge in [0, 0.05) is 12.1 Å². The second-order valence-corrected chi connectivity index (χ2v) is 9.43. The molecule has 0 atom stereocenters. The van der Waals surface area contributed by atoms with E-state index in [0.29, 0.717) is 12.2 Å². The Kier molecular flexibility index (Phi) is 9.28. The van der Waals surface area contributed by atoms with Crippen molar-refractivity contribution in [1.29, 1.82) is 0 Å². The quantitative estimate of drug-likeness (QED) is 0.134. The highest BCUT2D eigenvalue weighted by molar-refractivity contribution is 5.94. The number of carbonyl (C=O) groups excluding carboxylic acids is 1. The molecule has 4 aromatic rings. The second-order valence-electron chi connectivity index (χ2n) is 9.43. The lowest BCUT2D eigenvalue weighted by Crippen LogP contribution is -2.16. The molecule has 0 aliphatic carbocycles. The van der Waals surface area contributed by atoms with Gasteiger partial charge in [-0.15, -0.1) is 13.2 Å². The number of alkyl halides is 3. The maximum absolute atomic E-state index is 12.5. The number of esters is 1. The molecule has 0 fully saturated rings. The molecule has 3 aromatic carbocycles. The number of halogens is 3. The number of aromatic nitrogens is 2. The number of hydrogen-bond acceptors (Lipinski definition) is 4. The highest BCUT2D eigenvalue weighted by atomic mass is 19.4. The van der Waals surface area contributed by atoms with Crippen molar-refractivity contribution in [2.45, 2.75) is 65.3 Å². The van der Waals surface area contributed by atoms with E-state index in [1.54, 1.807) is 31.2 Å². The summed E-state index contributed by atoms with van der Waals surface area (Å²) in [5, 5.41) is 0. The first-order valence-electron chi connectivity index (χ1n) is 13.4. The van der Waals surface area contributed by atoms with E-state index in [2.05, 4.69) is 16.2 Å². The molecule has 8 heteroatoms. The molecule has 0 bridgehead atoms. The summed E-state index contributed by atoms with van der Waals surface area (Å²) in [7, 11) is 0. The minimum atomic E-state index is -4.72. The first-order chi connectivity index (χ1) is 18.8. The molecule has 0 saturated carbocycles. The zero-order valence-electron chi connectivity index (χ0n) is 22.3. The van der Waals surface area contributed by atoms with Crippen molar-refractivity contribution in [3.05, 3.63) is 72.3 Å². The van der Waals surface area contributed by atoms with Crippen LogP contribution in [0.25, 0.3) is 33.5 Å². The van der Waals surface area contributed by atoms with Gasteiger partial charge in [-0.25, -0.2) is 9.78 Å². The third-order valence-corrected chi connectivity index (χ3v) is 6.56. The van der Waals surface area contributed by atoms with Crippen LogP contribution in [0, 0.1) is 0 Å². The Balaban J connectivity index is 1.60. The highest BCUT2D eigenvalue weighted by Crippen LogP contribution is 2.30. The molecule has 0 unspecified atom stereocenters. The predicted octanol–water partition coefficient (Wildman–Crippen LogP) is 8.81. The van der Waals surface area contributed by atoms with Gasteiger partial charge < -0.3 is 14.0 Å². The molecule has 206 valence electrons. The molecule has 0 radical (unpaired) electrons. The number of unbranched alkanes of at least 4 members (excludes halogenated alkanes) is 5. The number of fused-ring (bicyclic) bond motifs is 1. The molecule has 0 saturated heterocycles. The fourth-order valence-corrected chi connectivity index (χ4v) is 4.63. The van der Waals surface area contributed by atoms with Crippen LogP contribution in [0.1, 0.15) is 62.7 Å². The maximum Gasteiger partial charge on any atom is 0.573 e. The largest absolute Gasteiger partial charge is 0.573 e. The average Bonchev–Trinajstić information content (AvgIpc) is 3.28. The number of nitrogens with zero attached hydrogens (tertiary/aromatic N) is 2. The number of ether oxygens (including phenoxy) is 2. The number of hydrogen-bond donors (Lipinski definition) is 0. The van der Waals surface area contributed by atoms with Crippen molar-refractivity contribution in [1.82, 2.24) is 9.55 Å². The molecule has 0 aliphatic heterocycles. The minimum Gasteiger partial charge on any atom is -0.462 e. The first-order valence-corrected chi connectivity index (χ1v) is 13.4. The van der Waals surface area contributed by atoms with E-state index in [-0.39, 0.29) is 11.7 Å². The number of benzene rings is 3. The van der Waals surface area contributed by atoms with Crippen molar-refractivity contribution in [3.8, 4) is 28.3 Å². The summed E-state index contributed by atoms with van der Waals surface area (Å²) in [5.41, 5.74) is 4.70. The molecule has 0 amide bonds. The van der Waals surface area contributed by atoms with Gasteiger partial charge in [-0.2, -0.15) is 0 Å². The minimum absolute atomic E-state index is 0.256. The van der Waals surface area contributed by atoms with E-state index in [9.17, 15) is 18.0 Å². The van der Waals surface area contributed by atoms with Gasteiger partial charge in [0.2, 0.25) is 0 Å². The zero-order valence-corrected chi connectivity index (χ0v) is 22.3. The Morgan fingerprint density at radius 1 is 0.821 bits per heavy atom. The number of carbonyl (C=O) groups is 1. The summed E-state index contributed by atoms with van der Waals surface area (Å²) in [6, 6.07) is 19.0. The van der Waals surface area contributed by atoms with Gasteiger partial charge in [0.25, 0.3) is 0 Å². The zero-order chi connectivity index (χ0) is 27.8. The third kappa shape index (κ3) is 7.40. The van der Waals surface area contributed by atoms with Gasteiger partial charge in [0.15, 0.2) is 0 Å². The number of rotatable bonds is 12. The Morgan fingerprint density at radius 2 is 1.44 bits per heavy atom. The summed E-state index contributed by atoms with van der Waals surface area (Å²) >= 11 is 0. The fraction of sp³-hybridized carbons (Fsp3) is 0.355. The molecule has 5 nitrogen and oxygen atoms in total. The highest BCUT2D eigenvalue weighted by Gasteiger charge is 2.31. The van der Waals surface area contributed by atoms with Crippen LogP contribution in [0.5, 0.6) is 5.75 Å². The first kappa shape index (κ1) is 28.2. The van der Waals surface area contributed by atoms with Crippen LogP contribution in [-0.4, -0.2) is 28.5 Å². The summed E-state index contributed by atoms with van der Waals surface area (Å²) in [5.74, 6) is 0.177. The van der Waals surface area contributed by atoms with Crippen LogP contribution in [0.3, 0.4) is 0 Å². The van der Waals surface area contributed by atoms with E-state index in [1.807, 2.05) is 30.3 Å². The van der Waals surface area contributed by atoms with Crippen molar-refractivity contribution < 1.29 is 27.4 Å². The summed E-state index contributed by atoms with van der Waals surface area (Å²) in [6.07, 6.45) is 2.33. The fourth-order valence-electron chi connectivity index (χ4n) is 4.63. The summed E-state index contributed by atoms with van der Waals surface area (Å²) in [4.78, 5) is 17.2. The molecular weight excluding hydrogens is 505 g/mol. The Hall–Kier alpha value is -3.81. The average molecular weight is 539 g/mol. The predicted molar refractivity (Wildman–Crippen MR) is 147 cm³/mol. The number of imidazole rings is 1. The molecule has 4 rings (SSSR count). The van der Waals surface area contributed by atoms with Gasteiger partial charge in [-0.05, 0) is 54.8 Å². The monoisotopic (exact) mass is 538 g/mol. The SMILES string of the molecule is CCCCCCCCn1c(-c2ccc(-c3ccc(OC(F)(F)F)cc3)cc2)nc2cc(C(=O)OCC)ccc21. The second kappa shape index (κ2) is 12.8. The van der Waals surface area contributed by atoms with Crippen LogP contribution in [0.15, 0.2) is 66.7 Å². The molecular formula is C31H33F3N2O3. The van der Waals surface area contributed by atoms with Crippen molar-refractivity contribution in [2.24, 2.45) is 0 Å². The van der Waals surface area contributed by atoms with E-state index < -0.39 is 6.36 Å². The summed E-state index contributed by atoms with van der Waals surface area (Å²) in [6.45, 7) is 5.09. The van der Waals surface area contributed by atoms with Gasteiger partial charge >= 0.3 is 12.3 Å². The third-order valence-electron chi connectivity index (χ3n) is 6.56. The normalized spacial score (nSPS) is 11.6. The van der Waals surface area contributed by atoms with Crippen LogP contribution in [0.4, 0.5) is 13.2 Å². The van der Waals surface area contributed by atoms with E-state index >= 15 is 0 Å². The van der Waals surface area contributed by atoms with Gasteiger partial charge in [-0.3, -0.25) is 0 Å². The molecule has 0 N–H and O–H groups in total. The Labute approximate surface area is 226 Å². The molecule has 1 heterocycles. The van der Waals surface area contributed by atoms with Gasteiger partial charge in [0.05, 0.1) is 23.2 Å². The van der Waals surface area contributed by atoms with Crippen LogP contribution < -0.4 is 4.74 Å². The van der Waals surface area contributed by atoms with E-state index in [4.69, 9.17) is 9.72 Å². The summed E-state index contributed by atoms with van der Waals surface area (Å²) < 4.78 is 48.7. The molecule has 1 aromatic heterocycles. The lowest BCUT2D eigenvalue weighted by Gasteiger charge is -2.11. The van der Waals surface area contributed by atoms with Crippen LogP contribution in [0.2, 0.25) is 0 Å². The Bertz CT molecular complexity index is 1380. The van der Waals surface area contributed by atoms with E-state index in [1.165, 1.54) is 37.8 Å². The van der Waals surface area contributed by atoms with Gasteiger partial charge in [0.1, 0.15) is 11.6 Å². The van der Waals surface area contributed by atoms with Gasteiger partial charge in [-0.1, -0.05) is 75.4 Å². The van der Waals surface area contributed by atoms with Crippen molar-refractivity contribution in [2.75, 3.05) is 6.61 Å². The van der Waals surface area contributed by atoms with Crippen molar-refractivity contribution >= 4 is 17.0 Å². The topological polar surface area (TPSA) is 53.4 Å². The molecule has 0 aliphatic rings. The number of aryl methyl sites for hydroxylation is 1. The molecule has 39 heavy (non-hydrogen) atoms. The lowest BCUT2D eigenvalue weighted by atomic mass is 10.0. The lowest BCUT2D eigenvalue weighted by molar-refractivity contribution is -0.274.